The van der Waals surface area contributed by atoms with Gasteiger partial charge in [0.25, 0.3) is 0 Å². The molecule has 1 aliphatic carbocycles. The van der Waals surface area contributed by atoms with E-state index in [1.807, 2.05) is 6.92 Å². The van der Waals surface area contributed by atoms with Gasteiger partial charge in [0, 0.05) is 6.04 Å². The van der Waals surface area contributed by atoms with Gasteiger partial charge >= 0.3 is 6.18 Å². The number of nitrogens with two attached hydrogens (primary N) is 1. The normalized spacial score (nSPS) is 26.6. The molecule has 16 heavy (non-hydrogen) atoms. The lowest BCUT2D eigenvalue weighted by atomic mass is 10.0. The van der Waals surface area contributed by atoms with Gasteiger partial charge in [0.1, 0.15) is 0 Å². The highest BCUT2D eigenvalue weighted by atomic mass is 19.4. The fourth-order valence-electron chi connectivity index (χ4n) is 2.10. The Morgan fingerprint density at radius 2 is 1.81 bits per heavy atom. The van der Waals surface area contributed by atoms with E-state index in [4.69, 9.17) is 5.73 Å². The van der Waals surface area contributed by atoms with E-state index >= 15 is 0 Å². The van der Waals surface area contributed by atoms with Gasteiger partial charge in [-0.3, -0.25) is 0 Å². The summed E-state index contributed by atoms with van der Waals surface area (Å²) in [7, 11) is 0. The Hall–Kier alpha value is -1.03. The van der Waals surface area contributed by atoms with Crippen molar-refractivity contribution < 1.29 is 13.2 Å². The predicted molar refractivity (Wildman–Crippen MR) is 55.9 cm³/mol. The van der Waals surface area contributed by atoms with E-state index in [9.17, 15) is 13.2 Å². The standard InChI is InChI=1S/C12H14F3N/c1-7(16)10-6-11(10)8-2-4-9(5-3-8)12(13,14)15/h2-5,7,10-11H,6,16H2,1H3/t7-,10-,11-/m1/s1. The van der Waals surface area contributed by atoms with Crippen LogP contribution in [0, 0.1) is 5.92 Å². The van der Waals surface area contributed by atoms with E-state index in [1.54, 1.807) is 12.1 Å². The average molecular weight is 229 g/mol. The van der Waals surface area contributed by atoms with Crippen LogP contribution < -0.4 is 5.73 Å². The predicted octanol–water partition coefficient (Wildman–Crippen LogP) is 3.16. The average Bonchev–Trinajstić information content (AvgIpc) is 2.96. The Kier molecular flexibility index (Phi) is 2.70. The van der Waals surface area contributed by atoms with Gasteiger partial charge in [-0.25, -0.2) is 0 Å². The summed E-state index contributed by atoms with van der Waals surface area (Å²) in [6, 6.07) is 5.54. The molecule has 0 heterocycles. The van der Waals surface area contributed by atoms with Crippen molar-refractivity contribution in [1.29, 1.82) is 0 Å². The van der Waals surface area contributed by atoms with E-state index in [2.05, 4.69) is 0 Å². The number of halogens is 3. The van der Waals surface area contributed by atoms with Crippen LogP contribution in [0.3, 0.4) is 0 Å². The number of rotatable bonds is 2. The van der Waals surface area contributed by atoms with E-state index in [1.165, 1.54) is 0 Å². The lowest BCUT2D eigenvalue weighted by Gasteiger charge is -2.08. The molecule has 0 saturated heterocycles. The monoisotopic (exact) mass is 229 g/mol. The van der Waals surface area contributed by atoms with Crippen LogP contribution >= 0.6 is 0 Å². The maximum absolute atomic E-state index is 12.3. The van der Waals surface area contributed by atoms with Crippen molar-refractivity contribution in [3.63, 3.8) is 0 Å². The first-order chi connectivity index (χ1) is 7.39. The summed E-state index contributed by atoms with van der Waals surface area (Å²) >= 11 is 0. The lowest BCUT2D eigenvalue weighted by Crippen LogP contribution is -2.17. The zero-order chi connectivity index (χ0) is 11.9. The molecule has 2 rings (SSSR count). The molecule has 4 heteroatoms. The molecular weight excluding hydrogens is 215 g/mol. The van der Waals surface area contributed by atoms with Gasteiger partial charge in [0.2, 0.25) is 0 Å². The highest BCUT2D eigenvalue weighted by Crippen LogP contribution is 2.49. The van der Waals surface area contributed by atoms with Gasteiger partial charge in [0.05, 0.1) is 5.56 Å². The SMILES string of the molecule is C[C@@H](N)[C@H]1C[C@@H]1c1ccc(C(F)(F)F)cc1. The lowest BCUT2D eigenvalue weighted by molar-refractivity contribution is -0.137. The van der Waals surface area contributed by atoms with Gasteiger partial charge < -0.3 is 5.73 Å². The highest BCUT2D eigenvalue weighted by Gasteiger charge is 2.41. The largest absolute Gasteiger partial charge is 0.416 e. The van der Waals surface area contributed by atoms with Gasteiger partial charge in [-0.1, -0.05) is 12.1 Å². The van der Waals surface area contributed by atoms with Crippen LogP contribution in [0.25, 0.3) is 0 Å². The molecule has 0 bridgehead atoms. The van der Waals surface area contributed by atoms with Crippen molar-refractivity contribution in [2.45, 2.75) is 31.5 Å². The molecule has 88 valence electrons. The Morgan fingerprint density at radius 1 is 1.25 bits per heavy atom. The van der Waals surface area contributed by atoms with Gasteiger partial charge in [-0.2, -0.15) is 13.2 Å². The molecule has 2 N–H and O–H groups in total. The zero-order valence-corrected chi connectivity index (χ0v) is 8.96. The van der Waals surface area contributed by atoms with E-state index in [0.29, 0.717) is 11.8 Å². The highest BCUT2D eigenvalue weighted by molar-refractivity contribution is 5.31. The Morgan fingerprint density at radius 3 is 2.19 bits per heavy atom. The van der Waals surface area contributed by atoms with Gasteiger partial charge in [-0.15, -0.1) is 0 Å². The second-order valence-electron chi connectivity index (χ2n) is 4.48. The summed E-state index contributed by atoms with van der Waals surface area (Å²) in [5.74, 6) is 0.777. The molecular formula is C12H14F3N. The van der Waals surface area contributed by atoms with E-state index < -0.39 is 11.7 Å². The molecule has 0 aromatic heterocycles. The third-order valence-corrected chi connectivity index (χ3v) is 3.18. The Balaban J connectivity index is 2.10. The van der Waals surface area contributed by atoms with Crippen molar-refractivity contribution in [3.05, 3.63) is 35.4 Å². The second-order valence-corrected chi connectivity index (χ2v) is 4.48. The van der Waals surface area contributed by atoms with Gasteiger partial charge in [-0.05, 0) is 42.9 Å². The van der Waals surface area contributed by atoms with E-state index in [0.717, 1.165) is 24.1 Å². The molecule has 0 radical (unpaired) electrons. The molecule has 0 aliphatic heterocycles. The third kappa shape index (κ3) is 2.21. The maximum atomic E-state index is 12.3. The van der Waals surface area contributed by atoms with Crippen molar-refractivity contribution in [2.24, 2.45) is 11.7 Å². The summed E-state index contributed by atoms with van der Waals surface area (Å²) < 4.78 is 37.0. The summed E-state index contributed by atoms with van der Waals surface area (Å²) in [4.78, 5) is 0. The summed E-state index contributed by atoms with van der Waals surface area (Å²) in [5, 5.41) is 0. The van der Waals surface area contributed by atoms with Crippen molar-refractivity contribution >= 4 is 0 Å². The second kappa shape index (κ2) is 3.77. The van der Waals surface area contributed by atoms with Crippen molar-refractivity contribution in [3.8, 4) is 0 Å². The van der Waals surface area contributed by atoms with E-state index in [-0.39, 0.29) is 6.04 Å². The van der Waals surface area contributed by atoms with Crippen molar-refractivity contribution in [1.82, 2.24) is 0 Å². The molecule has 0 unspecified atom stereocenters. The smallest absolute Gasteiger partial charge is 0.328 e. The van der Waals surface area contributed by atoms with Crippen molar-refractivity contribution in [2.75, 3.05) is 0 Å². The molecule has 1 aromatic rings. The van der Waals surface area contributed by atoms with Crippen LogP contribution in [0.2, 0.25) is 0 Å². The first-order valence-electron chi connectivity index (χ1n) is 5.32. The summed E-state index contributed by atoms with van der Waals surface area (Å²) in [6.45, 7) is 1.94. The molecule has 0 spiro atoms. The molecule has 1 nitrogen and oxygen atoms in total. The Bertz CT molecular complexity index is 367. The minimum atomic E-state index is -4.25. The van der Waals surface area contributed by atoms with Crippen LogP contribution in [0.5, 0.6) is 0 Å². The maximum Gasteiger partial charge on any atom is 0.416 e. The summed E-state index contributed by atoms with van der Waals surface area (Å²) in [5.41, 5.74) is 6.12. The first kappa shape index (κ1) is 11.5. The van der Waals surface area contributed by atoms with Crippen LogP contribution in [0.1, 0.15) is 30.4 Å². The number of alkyl halides is 3. The number of hydrogen-bond acceptors (Lipinski definition) is 1. The van der Waals surface area contributed by atoms with Gasteiger partial charge in [0.15, 0.2) is 0 Å². The molecule has 1 fully saturated rings. The fourth-order valence-corrected chi connectivity index (χ4v) is 2.10. The zero-order valence-electron chi connectivity index (χ0n) is 8.96. The molecule has 1 saturated carbocycles. The molecule has 0 amide bonds. The van der Waals surface area contributed by atoms with Crippen LogP contribution in [-0.4, -0.2) is 6.04 Å². The van der Waals surface area contributed by atoms with Crippen LogP contribution in [0.15, 0.2) is 24.3 Å². The number of hydrogen-bond donors (Lipinski definition) is 1. The molecule has 1 aromatic carbocycles. The Labute approximate surface area is 92.5 Å². The minimum absolute atomic E-state index is 0.118. The van der Waals surface area contributed by atoms with Crippen LogP contribution in [-0.2, 0) is 6.18 Å². The quantitative estimate of drug-likeness (QED) is 0.828. The molecule has 1 aliphatic rings. The minimum Gasteiger partial charge on any atom is -0.328 e. The topological polar surface area (TPSA) is 26.0 Å². The number of benzene rings is 1. The summed E-state index contributed by atoms with van der Waals surface area (Å²) in [6.07, 6.45) is -3.26. The molecule has 3 atom stereocenters. The third-order valence-electron chi connectivity index (χ3n) is 3.18. The van der Waals surface area contributed by atoms with Crippen LogP contribution in [0.4, 0.5) is 13.2 Å². The fraction of sp³-hybridized carbons (Fsp3) is 0.500. The first-order valence-corrected chi connectivity index (χ1v) is 5.32.